The molecule has 0 spiro atoms. The van der Waals surface area contributed by atoms with Crippen molar-refractivity contribution in [2.45, 2.75) is 97.4 Å². The normalized spacial score (nSPS) is 18.2. The van der Waals surface area contributed by atoms with E-state index in [-0.39, 0.29) is 23.6 Å². The number of ether oxygens (including phenoxy) is 2. The molecule has 0 amide bonds. The highest BCUT2D eigenvalue weighted by molar-refractivity contribution is 5.71. The molecule has 1 aliphatic heterocycles. The maximum absolute atomic E-state index is 15.2. The minimum Gasteiger partial charge on any atom is -0.485 e. The number of rotatable bonds is 10. The number of nitrogens with zero attached hydrogens (tertiary/aromatic N) is 2. The molecule has 1 fully saturated rings. The van der Waals surface area contributed by atoms with Gasteiger partial charge in [-0.1, -0.05) is 37.3 Å². The number of benzene rings is 2. The predicted molar refractivity (Wildman–Crippen MR) is 167 cm³/mol. The Kier molecular flexibility index (Phi) is 8.85. The van der Waals surface area contributed by atoms with Crippen LogP contribution in [-0.4, -0.2) is 39.7 Å². The highest BCUT2D eigenvalue weighted by Gasteiger charge is 2.39. The number of carboxylic acid groups (broad SMARTS) is 1. The molecule has 230 valence electrons. The van der Waals surface area contributed by atoms with Gasteiger partial charge in [0.25, 0.3) is 0 Å². The Morgan fingerprint density at radius 1 is 1.09 bits per heavy atom. The summed E-state index contributed by atoms with van der Waals surface area (Å²) in [5.41, 5.74) is 5.44. The zero-order valence-electron chi connectivity index (χ0n) is 26.5. The van der Waals surface area contributed by atoms with Gasteiger partial charge in [0, 0.05) is 29.8 Å². The van der Waals surface area contributed by atoms with Gasteiger partial charge < -0.3 is 14.6 Å². The molecule has 43 heavy (non-hydrogen) atoms. The number of carbonyl (C=O) groups is 1. The molecule has 1 N–H and O–H groups in total. The first-order valence-electron chi connectivity index (χ1n) is 15.5. The van der Waals surface area contributed by atoms with E-state index in [0.29, 0.717) is 23.9 Å². The fraction of sp³-hybridized carbons (Fsp3) is 0.500. The maximum Gasteiger partial charge on any atom is 0.306 e. The molecule has 1 aromatic heterocycles. The summed E-state index contributed by atoms with van der Waals surface area (Å²) < 4.78 is 27.2. The molecule has 6 nitrogen and oxygen atoms in total. The van der Waals surface area contributed by atoms with Crippen LogP contribution >= 0.6 is 0 Å². The first-order chi connectivity index (χ1) is 20.4. The Morgan fingerprint density at radius 2 is 1.84 bits per heavy atom. The monoisotopic (exact) mass is 588 g/mol. The van der Waals surface area contributed by atoms with E-state index in [4.69, 9.17) is 9.47 Å². The van der Waals surface area contributed by atoms with Gasteiger partial charge in [-0.2, -0.15) is 0 Å². The van der Waals surface area contributed by atoms with Crippen LogP contribution in [0, 0.1) is 17.7 Å². The van der Waals surface area contributed by atoms with E-state index >= 15 is 4.39 Å². The van der Waals surface area contributed by atoms with Crippen LogP contribution in [0.2, 0.25) is 0 Å². The summed E-state index contributed by atoms with van der Waals surface area (Å²) in [5, 5.41) is 9.77. The molecular weight excluding hydrogens is 543 g/mol. The SMILES string of the molecule is COc1cc(-c2ccc([C@@H]3CCc4ccc([C@H](C5CC5)[C@H](C)C(=O)O)cc4O3)cc2CN(C(C)C)C(C)(C)C)c(F)cn1. The van der Waals surface area contributed by atoms with Crippen LogP contribution in [-0.2, 0) is 17.8 Å². The van der Waals surface area contributed by atoms with Gasteiger partial charge in [0.2, 0.25) is 5.88 Å². The van der Waals surface area contributed by atoms with Gasteiger partial charge in [0.1, 0.15) is 17.7 Å². The lowest BCUT2D eigenvalue weighted by molar-refractivity contribution is -0.142. The standard InChI is InChI=1S/C36H45FN2O4/c1-21(2)39(36(4,5)6)20-27-16-25(12-14-28(27)29-18-33(42-7)38-19-30(29)37)31-15-13-23-8-11-26(17-32(23)43-31)34(24-9-10-24)22(3)35(40)41/h8,11-12,14,16-19,21-22,24,31,34H,9-10,13,15,20H2,1-7H3,(H,40,41)/t22-,31-,34-/m0/s1. The number of aliphatic carboxylic acids is 1. The first kappa shape index (κ1) is 31.0. The zero-order chi connectivity index (χ0) is 31.1. The Hall–Kier alpha value is -3.45. The number of halogens is 1. The minimum absolute atomic E-state index is 0.00988. The van der Waals surface area contributed by atoms with E-state index in [1.165, 1.54) is 13.3 Å². The van der Waals surface area contributed by atoms with Crippen molar-refractivity contribution >= 4 is 5.97 Å². The molecule has 7 heteroatoms. The van der Waals surface area contributed by atoms with Crippen molar-refractivity contribution < 1.29 is 23.8 Å². The van der Waals surface area contributed by atoms with Crippen LogP contribution in [0.4, 0.5) is 4.39 Å². The van der Waals surface area contributed by atoms with E-state index < -0.39 is 17.7 Å². The molecular formula is C36H45FN2O4. The number of pyridine rings is 1. The molecule has 5 rings (SSSR count). The van der Waals surface area contributed by atoms with Gasteiger partial charge in [0.05, 0.1) is 19.2 Å². The summed E-state index contributed by atoms with van der Waals surface area (Å²) in [6.45, 7) is 13.4. The van der Waals surface area contributed by atoms with Crippen LogP contribution in [0.5, 0.6) is 11.6 Å². The van der Waals surface area contributed by atoms with Crippen molar-refractivity contribution in [2.75, 3.05) is 7.11 Å². The quantitative estimate of drug-likeness (QED) is 0.258. The average Bonchev–Trinajstić information content (AvgIpc) is 3.80. The molecule has 3 aromatic rings. The minimum atomic E-state index is -0.755. The third-order valence-electron chi connectivity index (χ3n) is 9.14. The van der Waals surface area contributed by atoms with Gasteiger partial charge in [-0.25, -0.2) is 9.37 Å². The van der Waals surface area contributed by atoms with E-state index in [1.807, 2.05) is 19.1 Å². The number of methoxy groups -OCH3 is 1. The van der Waals surface area contributed by atoms with Crippen molar-refractivity contribution in [1.82, 2.24) is 9.88 Å². The Labute approximate surface area is 255 Å². The second kappa shape index (κ2) is 12.3. The van der Waals surface area contributed by atoms with Crippen LogP contribution in [0.3, 0.4) is 0 Å². The Bertz CT molecular complexity index is 1480. The second-order valence-corrected chi connectivity index (χ2v) is 13.5. The van der Waals surface area contributed by atoms with Crippen LogP contribution in [0.1, 0.15) is 95.1 Å². The molecule has 0 radical (unpaired) electrons. The van der Waals surface area contributed by atoms with Crippen LogP contribution in [0.25, 0.3) is 11.1 Å². The molecule has 2 heterocycles. The summed E-state index contributed by atoms with van der Waals surface area (Å²) >= 11 is 0. The largest absolute Gasteiger partial charge is 0.485 e. The van der Waals surface area contributed by atoms with Crippen LogP contribution < -0.4 is 9.47 Å². The number of hydrogen-bond acceptors (Lipinski definition) is 5. The van der Waals surface area contributed by atoms with Gasteiger partial charge in [0.15, 0.2) is 0 Å². The summed E-state index contributed by atoms with van der Waals surface area (Å²) in [6, 6.07) is 14.4. The molecule has 1 aliphatic carbocycles. The van der Waals surface area contributed by atoms with Crippen LogP contribution in [0.15, 0.2) is 48.7 Å². The molecule has 0 bridgehead atoms. The van der Waals surface area contributed by atoms with Crippen molar-refractivity contribution in [3.05, 3.63) is 76.7 Å². The third-order valence-corrected chi connectivity index (χ3v) is 9.14. The van der Waals surface area contributed by atoms with E-state index in [1.54, 1.807) is 6.07 Å². The van der Waals surface area contributed by atoms with E-state index in [2.05, 4.69) is 68.8 Å². The Balaban J connectivity index is 1.51. The van der Waals surface area contributed by atoms with Crippen molar-refractivity contribution in [3.63, 3.8) is 0 Å². The molecule has 3 atom stereocenters. The maximum atomic E-state index is 15.2. The summed E-state index contributed by atoms with van der Waals surface area (Å²) in [4.78, 5) is 18.4. The van der Waals surface area contributed by atoms with Crippen molar-refractivity contribution in [1.29, 1.82) is 0 Å². The molecule has 0 saturated heterocycles. The third kappa shape index (κ3) is 6.72. The van der Waals surface area contributed by atoms with E-state index in [9.17, 15) is 9.90 Å². The van der Waals surface area contributed by atoms with Gasteiger partial charge in [-0.3, -0.25) is 9.69 Å². The molecule has 2 aromatic carbocycles. The lowest BCUT2D eigenvalue weighted by Crippen LogP contribution is -2.45. The molecule has 1 saturated carbocycles. The molecule has 0 unspecified atom stereocenters. The smallest absolute Gasteiger partial charge is 0.306 e. The second-order valence-electron chi connectivity index (χ2n) is 13.5. The summed E-state index contributed by atoms with van der Waals surface area (Å²) in [6.07, 6.45) is 4.90. The van der Waals surface area contributed by atoms with Crippen molar-refractivity contribution in [3.8, 4) is 22.8 Å². The molecule has 2 aliphatic rings. The van der Waals surface area contributed by atoms with Gasteiger partial charge in [-0.15, -0.1) is 0 Å². The predicted octanol–water partition coefficient (Wildman–Crippen LogP) is 8.19. The Morgan fingerprint density at radius 3 is 2.47 bits per heavy atom. The summed E-state index contributed by atoms with van der Waals surface area (Å²) in [7, 11) is 1.53. The topological polar surface area (TPSA) is 71.9 Å². The lowest BCUT2D eigenvalue weighted by Gasteiger charge is -2.39. The average molecular weight is 589 g/mol. The lowest BCUT2D eigenvalue weighted by atomic mass is 9.82. The number of carboxylic acids is 1. The summed E-state index contributed by atoms with van der Waals surface area (Å²) in [5.74, 6) is 0.0208. The van der Waals surface area contributed by atoms with E-state index in [0.717, 1.165) is 59.3 Å². The highest BCUT2D eigenvalue weighted by atomic mass is 19.1. The van der Waals surface area contributed by atoms with Crippen molar-refractivity contribution in [2.24, 2.45) is 11.8 Å². The number of aromatic nitrogens is 1. The fourth-order valence-electron chi connectivity index (χ4n) is 6.73. The fourth-order valence-corrected chi connectivity index (χ4v) is 6.73. The van der Waals surface area contributed by atoms with Gasteiger partial charge in [-0.05, 0) is 106 Å². The first-order valence-corrected chi connectivity index (χ1v) is 15.5. The highest BCUT2D eigenvalue weighted by Crippen LogP contribution is 2.48. The number of aryl methyl sites for hydroxylation is 1. The number of hydrogen-bond donors (Lipinski definition) is 1. The van der Waals surface area contributed by atoms with Gasteiger partial charge >= 0.3 is 5.97 Å². The zero-order valence-corrected chi connectivity index (χ0v) is 26.5. The number of fused-ring (bicyclic) bond motifs is 1.